The van der Waals surface area contributed by atoms with E-state index in [0.717, 1.165) is 26.2 Å². The lowest BCUT2D eigenvalue weighted by Gasteiger charge is -2.35. The number of nitrogens with zero attached hydrogens (tertiary/aromatic N) is 4. The second-order valence-electron chi connectivity index (χ2n) is 6.95. The Bertz CT molecular complexity index is 905. The van der Waals surface area contributed by atoms with Crippen molar-refractivity contribution in [3.05, 3.63) is 71.6 Å². The zero-order valence-electron chi connectivity index (χ0n) is 15.8. The molecule has 0 radical (unpaired) electrons. The van der Waals surface area contributed by atoms with E-state index < -0.39 is 0 Å². The topological polar surface area (TPSA) is 54.6 Å². The normalized spacial score (nSPS) is 15.0. The average molecular weight is 382 g/mol. The molecule has 28 heavy (non-hydrogen) atoms. The number of hydrogen-bond donors (Lipinski definition) is 0. The van der Waals surface area contributed by atoms with Crippen molar-refractivity contribution in [3.8, 4) is 5.75 Å². The molecule has 6 nitrogen and oxygen atoms in total. The Morgan fingerprint density at radius 3 is 2.61 bits per heavy atom. The van der Waals surface area contributed by atoms with E-state index in [1.807, 2.05) is 0 Å². The van der Waals surface area contributed by atoms with Crippen LogP contribution < -0.4 is 9.64 Å². The van der Waals surface area contributed by atoms with E-state index in [9.17, 15) is 4.39 Å². The highest BCUT2D eigenvalue weighted by molar-refractivity contribution is 5.48. The summed E-state index contributed by atoms with van der Waals surface area (Å²) in [6.07, 6.45) is 0. The molecule has 0 unspecified atom stereocenters. The van der Waals surface area contributed by atoms with Crippen molar-refractivity contribution in [1.82, 2.24) is 15.0 Å². The number of halogens is 1. The first-order chi connectivity index (χ1) is 13.7. The van der Waals surface area contributed by atoms with Crippen molar-refractivity contribution in [2.45, 2.75) is 20.1 Å². The van der Waals surface area contributed by atoms with Gasteiger partial charge in [-0.15, -0.1) is 0 Å². The first-order valence-corrected chi connectivity index (χ1v) is 9.39. The van der Waals surface area contributed by atoms with Crippen molar-refractivity contribution in [2.24, 2.45) is 0 Å². The van der Waals surface area contributed by atoms with Gasteiger partial charge in [-0.3, -0.25) is 4.90 Å². The van der Waals surface area contributed by atoms with Gasteiger partial charge >= 0.3 is 0 Å². The first-order valence-electron chi connectivity index (χ1n) is 9.39. The fourth-order valence-corrected chi connectivity index (χ4v) is 3.27. The molecule has 146 valence electrons. The number of aryl methyl sites for hydroxylation is 1. The summed E-state index contributed by atoms with van der Waals surface area (Å²) in [6, 6.07) is 14.5. The number of aromatic nitrogens is 2. The van der Waals surface area contributed by atoms with Crippen molar-refractivity contribution < 1.29 is 13.7 Å². The lowest BCUT2D eigenvalue weighted by Crippen LogP contribution is -2.46. The zero-order valence-corrected chi connectivity index (χ0v) is 15.8. The molecule has 1 aliphatic rings. The average Bonchev–Trinajstić information content (AvgIpc) is 3.15. The molecule has 3 aromatic rings. The van der Waals surface area contributed by atoms with Crippen molar-refractivity contribution in [2.75, 3.05) is 31.1 Å². The van der Waals surface area contributed by atoms with Crippen LogP contribution in [0.3, 0.4) is 0 Å². The number of hydrogen-bond acceptors (Lipinski definition) is 6. The molecule has 0 bridgehead atoms. The van der Waals surface area contributed by atoms with Crippen LogP contribution in [0.25, 0.3) is 0 Å². The zero-order chi connectivity index (χ0) is 19.3. The van der Waals surface area contributed by atoms with Gasteiger partial charge in [-0.1, -0.05) is 17.3 Å². The third kappa shape index (κ3) is 4.67. The third-order valence-corrected chi connectivity index (χ3v) is 4.79. The summed E-state index contributed by atoms with van der Waals surface area (Å²) < 4.78 is 23.8. The number of anilines is 1. The molecular weight excluding hydrogens is 359 g/mol. The molecule has 4 rings (SSSR count). The summed E-state index contributed by atoms with van der Waals surface area (Å²) in [5.41, 5.74) is 2.55. The quantitative estimate of drug-likeness (QED) is 0.651. The van der Waals surface area contributed by atoms with E-state index in [1.165, 1.54) is 23.4 Å². The van der Waals surface area contributed by atoms with Crippen LogP contribution in [0.15, 0.2) is 53.1 Å². The maximum atomic E-state index is 12.9. The number of rotatable bonds is 6. The minimum absolute atomic E-state index is 0.191. The molecule has 0 saturated carbocycles. The van der Waals surface area contributed by atoms with Gasteiger partial charge in [-0.25, -0.2) is 4.39 Å². The molecule has 0 aliphatic carbocycles. The SMILES string of the molecule is Cc1cccc(N2CCN(Cc3nc(COc4ccc(F)cc4)no3)CC2)c1. The largest absolute Gasteiger partial charge is 0.485 e. The molecule has 7 heteroatoms. The molecular formula is C21H23FN4O2. The van der Waals surface area contributed by atoms with Crippen LogP contribution in [0, 0.1) is 12.7 Å². The van der Waals surface area contributed by atoms with Crippen molar-refractivity contribution >= 4 is 5.69 Å². The van der Waals surface area contributed by atoms with E-state index >= 15 is 0 Å². The summed E-state index contributed by atoms with van der Waals surface area (Å²) in [5, 5.41) is 3.96. The summed E-state index contributed by atoms with van der Waals surface area (Å²) in [5.74, 6) is 1.34. The molecule has 1 saturated heterocycles. The fraction of sp³-hybridized carbons (Fsp3) is 0.333. The molecule has 1 fully saturated rings. The van der Waals surface area contributed by atoms with Crippen LogP contribution in [0.2, 0.25) is 0 Å². The van der Waals surface area contributed by atoms with Crippen molar-refractivity contribution in [1.29, 1.82) is 0 Å². The maximum absolute atomic E-state index is 12.9. The Kier molecular flexibility index (Phi) is 5.53. The summed E-state index contributed by atoms with van der Waals surface area (Å²) in [4.78, 5) is 9.11. The van der Waals surface area contributed by atoms with E-state index in [4.69, 9.17) is 9.26 Å². The lowest BCUT2D eigenvalue weighted by molar-refractivity contribution is 0.214. The standard InChI is InChI=1S/C21H23FN4O2/c1-16-3-2-4-18(13-16)26-11-9-25(10-12-26)14-21-23-20(24-28-21)15-27-19-7-5-17(22)6-8-19/h2-8,13H,9-12,14-15H2,1H3. The second kappa shape index (κ2) is 8.39. The van der Waals surface area contributed by atoms with Gasteiger partial charge in [0.25, 0.3) is 0 Å². The van der Waals surface area contributed by atoms with Gasteiger partial charge in [-0.2, -0.15) is 4.98 Å². The van der Waals surface area contributed by atoms with E-state index in [2.05, 4.69) is 51.1 Å². The molecule has 0 amide bonds. The van der Waals surface area contributed by atoms with Gasteiger partial charge in [-0.05, 0) is 48.9 Å². The van der Waals surface area contributed by atoms with E-state index in [1.54, 1.807) is 12.1 Å². The molecule has 2 heterocycles. The highest BCUT2D eigenvalue weighted by Crippen LogP contribution is 2.18. The van der Waals surface area contributed by atoms with Crippen LogP contribution in [-0.4, -0.2) is 41.2 Å². The van der Waals surface area contributed by atoms with Gasteiger partial charge in [0.1, 0.15) is 11.6 Å². The molecule has 1 aromatic heterocycles. The van der Waals surface area contributed by atoms with Crippen LogP contribution >= 0.6 is 0 Å². The predicted octanol–water partition coefficient (Wildman–Crippen LogP) is 3.42. The minimum Gasteiger partial charge on any atom is -0.485 e. The molecule has 2 aromatic carbocycles. The predicted molar refractivity (Wildman–Crippen MR) is 104 cm³/mol. The van der Waals surface area contributed by atoms with Crippen LogP contribution in [0.1, 0.15) is 17.3 Å². The Labute approximate surface area is 163 Å². The highest BCUT2D eigenvalue weighted by Gasteiger charge is 2.19. The number of benzene rings is 2. The van der Waals surface area contributed by atoms with Gasteiger partial charge in [0.05, 0.1) is 6.54 Å². The summed E-state index contributed by atoms with van der Waals surface area (Å²) in [6.45, 7) is 6.76. The first kappa shape index (κ1) is 18.4. The van der Waals surface area contributed by atoms with Crippen LogP contribution in [0.5, 0.6) is 5.75 Å². The molecule has 0 N–H and O–H groups in total. The Hall–Kier alpha value is -2.93. The minimum atomic E-state index is -0.295. The summed E-state index contributed by atoms with van der Waals surface area (Å²) >= 11 is 0. The molecule has 0 atom stereocenters. The molecule has 1 aliphatic heterocycles. The number of piperazine rings is 1. The second-order valence-corrected chi connectivity index (χ2v) is 6.95. The van der Waals surface area contributed by atoms with E-state index in [0.29, 0.717) is 24.0 Å². The Balaban J connectivity index is 1.26. The Morgan fingerprint density at radius 1 is 1.07 bits per heavy atom. The van der Waals surface area contributed by atoms with Crippen LogP contribution in [-0.2, 0) is 13.2 Å². The van der Waals surface area contributed by atoms with Crippen molar-refractivity contribution in [3.63, 3.8) is 0 Å². The monoisotopic (exact) mass is 382 g/mol. The fourth-order valence-electron chi connectivity index (χ4n) is 3.27. The summed E-state index contributed by atoms with van der Waals surface area (Å²) in [7, 11) is 0. The Morgan fingerprint density at radius 2 is 1.86 bits per heavy atom. The lowest BCUT2D eigenvalue weighted by atomic mass is 10.2. The highest BCUT2D eigenvalue weighted by atomic mass is 19.1. The molecule has 0 spiro atoms. The van der Waals surface area contributed by atoms with Gasteiger partial charge in [0, 0.05) is 31.9 Å². The van der Waals surface area contributed by atoms with Gasteiger partial charge in [0.15, 0.2) is 6.61 Å². The van der Waals surface area contributed by atoms with E-state index in [-0.39, 0.29) is 12.4 Å². The van der Waals surface area contributed by atoms with Gasteiger partial charge in [0.2, 0.25) is 11.7 Å². The third-order valence-electron chi connectivity index (χ3n) is 4.79. The van der Waals surface area contributed by atoms with Gasteiger partial charge < -0.3 is 14.2 Å². The maximum Gasteiger partial charge on any atom is 0.240 e. The number of ether oxygens (including phenoxy) is 1. The van der Waals surface area contributed by atoms with Crippen LogP contribution in [0.4, 0.5) is 10.1 Å². The smallest absolute Gasteiger partial charge is 0.240 e.